The highest BCUT2D eigenvalue weighted by Crippen LogP contribution is 2.34. The molecule has 1 atom stereocenters. The minimum Gasteiger partial charge on any atom is -0.481 e. The van der Waals surface area contributed by atoms with E-state index in [0.29, 0.717) is 5.56 Å². The monoisotopic (exact) mass is 308 g/mol. The van der Waals surface area contributed by atoms with Crippen molar-refractivity contribution in [2.45, 2.75) is 25.2 Å². The third-order valence-electron chi connectivity index (χ3n) is 3.92. The van der Waals surface area contributed by atoms with Crippen LogP contribution in [-0.2, 0) is 14.8 Å². The van der Waals surface area contributed by atoms with E-state index in [9.17, 15) is 18.3 Å². The van der Waals surface area contributed by atoms with Crippen molar-refractivity contribution >= 4 is 16.0 Å². The van der Waals surface area contributed by atoms with Crippen molar-refractivity contribution in [2.75, 3.05) is 13.1 Å². The molecule has 1 unspecified atom stereocenters. The largest absolute Gasteiger partial charge is 0.481 e. The number of carboxylic acid groups (broad SMARTS) is 1. The quantitative estimate of drug-likeness (QED) is 0.908. The lowest BCUT2D eigenvalue weighted by Gasteiger charge is -2.20. The Bertz CT molecular complexity index is 736. The summed E-state index contributed by atoms with van der Waals surface area (Å²) in [6, 6.07) is 6.55. The van der Waals surface area contributed by atoms with Gasteiger partial charge in [-0.2, -0.15) is 9.57 Å². The van der Waals surface area contributed by atoms with Crippen molar-refractivity contribution in [3.8, 4) is 6.07 Å². The first-order valence-corrected chi connectivity index (χ1v) is 7.90. The van der Waals surface area contributed by atoms with Crippen molar-refractivity contribution < 1.29 is 18.3 Å². The third kappa shape index (κ3) is 2.52. The maximum atomic E-state index is 12.7. The number of carbonyl (C=O) groups is 1. The summed E-state index contributed by atoms with van der Waals surface area (Å²) < 4.78 is 26.5. The second-order valence-electron chi connectivity index (χ2n) is 5.51. The van der Waals surface area contributed by atoms with Crippen LogP contribution in [0.4, 0.5) is 0 Å². The summed E-state index contributed by atoms with van der Waals surface area (Å²) in [6.07, 6.45) is 0.259. The fraction of sp³-hybridized carbons (Fsp3) is 0.429. The van der Waals surface area contributed by atoms with E-state index in [1.165, 1.54) is 13.0 Å². The standard InChI is InChI=1S/C14H16N2O4S/c1-10-4-3-5-12(11(10)8-15)21(19,20)16-7-6-14(2,9-16)13(17)18/h3-5H,6-7,9H2,1-2H3,(H,17,18). The van der Waals surface area contributed by atoms with Crippen LogP contribution >= 0.6 is 0 Å². The number of hydrogen-bond acceptors (Lipinski definition) is 4. The topological polar surface area (TPSA) is 98.5 Å². The maximum absolute atomic E-state index is 12.7. The Hall–Kier alpha value is -1.91. The lowest BCUT2D eigenvalue weighted by Crippen LogP contribution is -2.35. The normalized spacial score (nSPS) is 22.9. The molecule has 1 saturated heterocycles. The predicted molar refractivity (Wildman–Crippen MR) is 75.0 cm³/mol. The number of sulfonamides is 1. The van der Waals surface area contributed by atoms with Crippen LogP contribution in [0.1, 0.15) is 24.5 Å². The first-order chi connectivity index (χ1) is 9.72. The van der Waals surface area contributed by atoms with E-state index in [1.54, 1.807) is 19.1 Å². The lowest BCUT2D eigenvalue weighted by atomic mass is 9.90. The van der Waals surface area contributed by atoms with Crippen molar-refractivity contribution in [1.29, 1.82) is 5.26 Å². The maximum Gasteiger partial charge on any atom is 0.310 e. The van der Waals surface area contributed by atoms with Crippen molar-refractivity contribution in [3.63, 3.8) is 0 Å². The molecule has 0 aromatic heterocycles. The zero-order valence-corrected chi connectivity index (χ0v) is 12.6. The predicted octanol–water partition coefficient (Wildman–Crippen LogP) is 1.35. The Morgan fingerprint density at radius 2 is 2.14 bits per heavy atom. The van der Waals surface area contributed by atoms with Crippen molar-refractivity contribution in [3.05, 3.63) is 29.3 Å². The average Bonchev–Trinajstić information content (AvgIpc) is 2.83. The van der Waals surface area contributed by atoms with Crippen LogP contribution in [0.25, 0.3) is 0 Å². The summed E-state index contributed by atoms with van der Waals surface area (Å²) >= 11 is 0. The molecule has 6 nitrogen and oxygen atoms in total. The highest BCUT2D eigenvalue weighted by molar-refractivity contribution is 7.89. The minimum absolute atomic E-state index is 0.0559. The molecular weight excluding hydrogens is 292 g/mol. The van der Waals surface area contributed by atoms with Crippen molar-refractivity contribution in [1.82, 2.24) is 4.31 Å². The van der Waals surface area contributed by atoms with Gasteiger partial charge in [0.15, 0.2) is 0 Å². The molecule has 7 heteroatoms. The van der Waals surface area contributed by atoms with E-state index in [2.05, 4.69) is 0 Å². The molecule has 0 radical (unpaired) electrons. The van der Waals surface area contributed by atoms with Crippen LogP contribution in [-0.4, -0.2) is 36.9 Å². The molecule has 0 spiro atoms. The summed E-state index contributed by atoms with van der Waals surface area (Å²) in [7, 11) is -3.86. The summed E-state index contributed by atoms with van der Waals surface area (Å²) in [5, 5.41) is 18.4. The minimum atomic E-state index is -3.86. The van der Waals surface area contributed by atoms with Gasteiger partial charge in [-0.05, 0) is 31.9 Å². The van der Waals surface area contributed by atoms with E-state index in [4.69, 9.17) is 5.26 Å². The molecule has 2 rings (SSSR count). The van der Waals surface area contributed by atoms with Gasteiger partial charge in [-0.25, -0.2) is 8.42 Å². The SMILES string of the molecule is Cc1cccc(S(=O)(=O)N2CCC(C)(C(=O)O)C2)c1C#N. The molecule has 1 aliphatic heterocycles. The van der Waals surface area contributed by atoms with E-state index in [1.807, 2.05) is 6.07 Å². The van der Waals surface area contributed by atoms with Crippen LogP contribution in [0, 0.1) is 23.7 Å². The van der Waals surface area contributed by atoms with E-state index >= 15 is 0 Å². The molecule has 21 heavy (non-hydrogen) atoms. The number of hydrogen-bond donors (Lipinski definition) is 1. The molecule has 0 saturated carbocycles. The fourth-order valence-corrected chi connectivity index (χ4v) is 4.22. The van der Waals surface area contributed by atoms with Gasteiger partial charge in [0.2, 0.25) is 10.0 Å². The first kappa shape index (κ1) is 15.5. The molecule has 0 aliphatic carbocycles. The van der Waals surface area contributed by atoms with Crippen LogP contribution in [0.15, 0.2) is 23.1 Å². The Morgan fingerprint density at radius 3 is 2.67 bits per heavy atom. The number of aryl methyl sites for hydroxylation is 1. The summed E-state index contributed by atoms with van der Waals surface area (Å²) in [4.78, 5) is 11.2. The van der Waals surface area contributed by atoms with E-state index < -0.39 is 21.4 Å². The van der Waals surface area contributed by atoms with Gasteiger partial charge in [0.1, 0.15) is 11.0 Å². The third-order valence-corrected chi connectivity index (χ3v) is 5.81. The zero-order valence-electron chi connectivity index (χ0n) is 11.8. The molecule has 112 valence electrons. The Labute approximate surface area is 123 Å². The van der Waals surface area contributed by atoms with Gasteiger partial charge in [-0.15, -0.1) is 0 Å². The number of aliphatic carboxylic acids is 1. The number of nitriles is 1. The van der Waals surface area contributed by atoms with Gasteiger partial charge in [0.25, 0.3) is 0 Å². The summed E-state index contributed by atoms with van der Waals surface area (Å²) in [5.41, 5.74) is -0.385. The highest BCUT2D eigenvalue weighted by atomic mass is 32.2. The summed E-state index contributed by atoms with van der Waals surface area (Å²) in [6.45, 7) is 3.27. The van der Waals surface area contributed by atoms with Gasteiger partial charge in [0, 0.05) is 13.1 Å². The average molecular weight is 308 g/mol. The number of rotatable bonds is 3. The summed E-state index contributed by atoms with van der Waals surface area (Å²) in [5.74, 6) is -1.01. The molecule has 1 heterocycles. The molecule has 0 bridgehead atoms. The van der Waals surface area contributed by atoms with E-state index in [0.717, 1.165) is 4.31 Å². The van der Waals surface area contributed by atoms with Crippen LogP contribution in [0.2, 0.25) is 0 Å². The van der Waals surface area contributed by atoms with Crippen LogP contribution in [0.5, 0.6) is 0 Å². The number of benzene rings is 1. The highest BCUT2D eigenvalue weighted by Gasteiger charge is 2.45. The molecule has 1 aromatic carbocycles. The number of nitrogens with zero attached hydrogens (tertiary/aromatic N) is 2. The second kappa shape index (κ2) is 5.13. The fourth-order valence-electron chi connectivity index (χ4n) is 2.44. The molecule has 1 aromatic rings. The molecule has 1 aliphatic rings. The number of carboxylic acids is 1. The van der Waals surface area contributed by atoms with Gasteiger partial charge in [0.05, 0.1) is 11.0 Å². The van der Waals surface area contributed by atoms with Gasteiger partial charge >= 0.3 is 5.97 Å². The van der Waals surface area contributed by atoms with Gasteiger partial charge < -0.3 is 5.11 Å². The van der Waals surface area contributed by atoms with E-state index in [-0.39, 0.29) is 30.0 Å². The molecule has 1 N–H and O–H groups in total. The van der Waals surface area contributed by atoms with Crippen LogP contribution in [0.3, 0.4) is 0 Å². The second-order valence-corrected chi connectivity index (χ2v) is 7.42. The first-order valence-electron chi connectivity index (χ1n) is 6.45. The molecule has 0 amide bonds. The Kier molecular flexibility index (Phi) is 3.78. The molecule has 1 fully saturated rings. The lowest BCUT2D eigenvalue weighted by molar-refractivity contribution is -0.146. The smallest absolute Gasteiger partial charge is 0.310 e. The zero-order chi connectivity index (χ0) is 15.8. The van der Waals surface area contributed by atoms with Crippen LogP contribution < -0.4 is 0 Å². The molecular formula is C14H16N2O4S. The Balaban J connectivity index is 2.44. The Morgan fingerprint density at radius 1 is 1.48 bits per heavy atom. The van der Waals surface area contributed by atoms with Gasteiger partial charge in [-0.1, -0.05) is 12.1 Å². The van der Waals surface area contributed by atoms with Gasteiger partial charge in [-0.3, -0.25) is 4.79 Å². The van der Waals surface area contributed by atoms with Crippen molar-refractivity contribution in [2.24, 2.45) is 5.41 Å².